The third-order valence-electron chi connectivity index (χ3n) is 2.90. The van der Waals surface area contributed by atoms with Crippen LogP contribution in [0.15, 0.2) is 36.4 Å². The molecule has 0 aliphatic carbocycles. The minimum atomic E-state index is -0.383. The van der Waals surface area contributed by atoms with E-state index >= 15 is 0 Å². The van der Waals surface area contributed by atoms with E-state index in [1.165, 1.54) is 12.1 Å². The SMILES string of the molecule is CC(Nc1cc(Cl)ccc1C#N)c1ccc(F)cc1Cl. The van der Waals surface area contributed by atoms with Gasteiger partial charge in [-0.2, -0.15) is 5.26 Å². The number of nitrogens with zero attached hydrogens (tertiary/aromatic N) is 1. The Bertz CT molecular complexity index is 680. The zero-order valence-corrected chi connectivity index (χ0v) is 12.1. The van der Waals surface area contributed by atoms with Crippen molar-refractivity contribution < 1.29 is 4.39 Å². The predicted octanol–water partition coefficient (Wildman–Crippen LogP) is 5.18. The van der Waals surface area contributed by atoms with Crippen molar-refractivity contribution in [2.45, 2.75) is 13.0 Å². The number of rotatable bonds is 3. The predicted molar refractivity (Wildman–Crippen MR) is 79.6 cm³/mol. The van der Waals surface area contributed by atoms with Crippen molar-refractivity contribution in [3.63, 3.8) is 0 Å². The van der Waals surface area contributed by atoms with E-state index in [1.807, 2.05) is 6.92 Å². The Morgan fingerprint density at radius 2 is 1.95 bits per heavy atom. The van der Waals surface area contributed by atoms with Gasteiger partial charge >= 0.3 is 0 Å². The fourth-order valence-corrected chi connectivity index (χ4v) is 2.40. The van der Waals surface area contributed by atoms with Crippen molar-refractivity contribution in [3.8, 4) is 6.07 Å². The number of nitrogens with one attached hydrogen (secondary N) is 1. The lowest BCUT2D eigenvalue weighted by Gasteiger charge is -2.18. The second-order valence-corrected chi connectivity index (χ2v) is 5.18. The van der Waals surface area contributed by atoms with Gasteiger partial charge in [0.2, 0.25) is 0 Å². The fourth-order valence-electron chi connectivity index (χ4n) is 1.90. The molecule has 0 aliphatic heterocycles. The van der Waals surface area contributed by atoms with E-state index < -0.39 is 0 Å². The Labute approximate surface area is 126 Å². The van der Waals surface area contributed by atoms with Crippen LogP contribution in [-0.4, -0.2) is 0 Å². The van der Waals surface area contributed by atoms with Gasteiger partial charge in [0.15, 0.2) is 0 Å². The molecule has 0 radical (unpaired) electrons. The van der Waals surface area contributed by atoms with Crippen molar-refractivity contribution in [1.29, 1.82) is 5.26 Å². The van der Waals surface area contributed by atoms with Crippen LogP contribution in [0.1, 0.15) is 24.1 Å². The molecular formula is C15H11Cl2FN2. The summed E-state index contributed by atoms with van der Waals surface area (Å²) in [7, 11) is 0. The van der Waals surface area contributed by atoms with Crippen molar-refractivity contribution in [2.75, 3.05) is 5.32 Å². The number of hydrogen-bond donors (Lipinski definition) is 1. The first-order chi connectivity index (χ1) is 9.51. The van der Waals surface area contributed by atoms with Crippen LogP contribution in [0.25, 0.3) is 0 Å². The second kappa shape index (κ2) is 6.13. The normalized spacial score (nSPS) is 11.8. The minimum Gasteiger partial charge on any atom is -0.377 e. The highest BCUT2D eigenvalue weighted by atomic mass is 35.5. The summed E-state index contributed by atoms with van der Waals surface area (Å²) < 4.78 is 13.0. The van der Waals surface area contributed by atoms with Crippen LogP contribution in [0, 0.1) is 17.1 Å². The van der Waals surface area contributed by atoms with Gasteiger partial charge in [-0.3, -0.25) is 0 Å². The van der Waals surface area contributed by atoms with Gasteiger partial charge in [-0.1, -0.05) is 29.3 Å². The summed E-state index contributed by atoms with van der Waals surface area (Å²) >= 11 is 12.0. The summed E-state index contributed by atoms with van der Waals surface area (Å²) in [5.41, 5.74) is 1.85. The van der Waals surface area contributed by atoms with E-state index in [1.54, 1.807) is 24.3 Å². The van der Waals surface area contributed by atoms with E-state index in [-0.39, 0.29) is 11.9 Å². The van der Waals surface area contributed by atoms with Gasteiger partial charge < -0.3 is 5.32 Å². The maximum absolute atomic E-state index is 13.0. The largest absolute Gasteiger partial charge is 0.377 e. The maximum Gasteiger partial charge on any atom is 0.124 e. The second-order valence-electron chi connectivity index (χ2n) is 4.33. The molecule has 0 saturated heterocycles. The third-order valence-corrected chi connectivity index (χ3v) is 3.47. The minimum absolute atomic E-state index is 0.186. The first kappa shape index (κ1) is 14.6. The molecule has 0 aromatic heterocycles. The number of benzene rings is 2. The van der Waals surface area contributed by atoms with Crippen LogP contribution in [0.4, 0.5) is 10.1 Å². The van der Waals surface area contributed by atoms with E-state index in [2.05, 4.69) is 11.4 Å². The monoisotopic (exact) mass is 308 g/mol. The lowest BCUT2D eigenvalue weighted by Crippen LogP contribution is -2.08. The van der Waals surface area contributed by atoms with Crippen LogP contribution in [0.3, 0.4) is 0 Å². The van der Waals surface area contributed by atoms with Gasteiger partial charge in [0.1, 0.15) is 11.9 Å². The summed E-state index contributed by atoms with van der Waals surface area (Å²) in [6.07, 6.45) is 0. The molecule has 0 spiro atoms. The molecule has 20 heavy (non-hydrogen) atoms. The van der Waals surface area contributed by atoms with E-state index in [0.717, 1.165) is 5.56 Å². The molecule has 1 unspecified atom stereocenters. The lowest BCUT2D eigenvalue weighted by molar-refractivity contribution is 0.626. The molecule has 0 aliphatic rings. The molecule has 0 saturated carbocycles. The maximum atomic E-state index is 13.0. The Balaban J connectivity index is 2.30. The van der Waals surface area contributed by atoms with Gasteiger partial charge in [0.05, 0.1) is 17.3 Å². The zero-order chi connectivity index (χ0) is 14.7. The summed E-state index contributed by atoms with van der Waals surface area (Å²) in [6, 6.07) is 11.1. The molecule has 1 atom stereocenters. The Morgan fingerprint density at radius 3 is 2.60 bits per heavy atom. The van der Waals surface area contributed by atoms with Crippen LogP contribution < -0.4 is 5.32 Å². The molecule has 2 aromatic carbocycles. The lowest BCUT2D eigenvalue weighted by atomic mass is 10.1. The smallest absolute Gasteiger partial charge is 0.124 e. The van der Waals surface area contributed by atoms with Crippen molar-refractivity contribution >= 4 is 28.9 Å². The van der Waals surface area contributed by atoms with Gasteiger partial charge in [0, 0.05) is 10.0 Å². The van der Waals surface area contributed by atoms with Crippen LogP contribution in [0.5, 0.6) is 0 Å². The molecule has 2 rings (SSSR count). The van der Waals surface area contributed by atoms with Gasteiger partial charge in [-0.05, 0) is 42.8 Å². The molecular weight excluding hydrogens is 298 g/mol. The molecule has 102 valence electrons. The van der Waals surface area contributed by atoms with Gasteiger partial charge in [-0.15, -0.1) is 0 Å². The van der Waals surface area contributed by atoms with E-state index in [9.17, 15) is 4.39 Å². The summed E-state index contributed by atoms with van der Waals surface area (Å²) in [5.74, 6) is -0.383. The quantitative estimate of drug-likeness (QED) is 0.848. The summed E-state index contributed by atoms with van der Waals surface area (Å²) in [6.45, 7) is 1.88. The Hall–Kier alpha value is -1.76. The molecule has 1 N–H and O–H groups in total. The first-order valence-corrected chi connectivity index (χ1v) is 6.68. The number of hydrogen-bond acceptors (Lipinski definition) is 2. The van der Waals surface area contributed by atoms with Crippen LogP contribution in [0.2, 0.25) is 10.0 Å². The molecule has 2 aromatic rings. The standard InChI is InChI=1S/C15H11Cl2FN2/c1-9(13-5-4-12(18)7-14(13)17)20-15-6-11(16)3-2-10(15)8-19/h2-7,9,20H,1H3. The highest BCUT2D eigenvalue weighted by molar-refractivity contribution is 6.31. The number of anilines is 1. The average molecular weight is 309 g/mol. The Morgan fingerprint density at radius 1 is 1.20 bits per heavy atom. The molecule has 2 nitrogen and oxygen atoms in total. The van der Waals surface area contributed by atoms with Crippen molar-refractivity contribution in [2.24, 2.45) is 0 Å². The topological polar surface area (TPSA) is 35.8 Å². The van der Waals surface area contributed by atoms with Gasteiger partial charge in [-0.25, -0.2) is 4.39 Å². The highest BCUT2D eigenvalue weighted by Gasteiger charge is 2.12. The van der Waals surface area contributed by atoms with Crippen molar-refractivity contribution in [1.82, 2.24) is 0 Å². The average Bonchev–Trinajstić information content (AvgIpc) is 2.38. The van der Waals surface area contributed by atoms with E-state index in [4.69, 9.17) is 28.5 Å². The summed E-state index contributed by atoms with van der Waals surface area (Å²) in [5, 5.41) is 13.1. The van der Waals surface area contributed by atoms with Crippen LogP contribution in [-0.2, 0) is 0 Å². The number of nitriles is 1. The van der Waals surface area contributed by atoms with E-state index in [0.29, 0.717) is 21.3 Å². The van der Waals surface area contributed by atoms with Crippen LogP contribution >= 0.6 is 23.2 Å². The zero-order valence-electron chi connectivity index (χ0n) is 10.6. The van der Waals surface area contributed by atoms with Crippen molar-refractivity contribution in [3.05, 3.63) is 63.4 Å². The molecule has 0 amide bonds. The molecule has 5 heteroatoms. The van der Waals surface area contributed by atoms with Gasteiger partial charge in [0.25, 0.3) is 0 Å². The Kier molecular flexibility index (Phi) is 4.49. The molecule has 0 heterocycles. The fraction of sp³-hybridized carbons (Fsp3) is 0.133. The highest BCUT2D eigenvalue weighted by Crippen LogP contribution is 2.29. The molecule has 0 bridgehead atoms. The molecule has 0 fully saturated rings. The number of halogens is 3. The third kappa shape index (κ3) is 3.22. The summed E-state index contributed by atoms with van der Waals surface area (Å²) in [4.78, 5) is 0. The first-order valence-electron chi connectivity index (χ1n) is 5.92.